The molecule has 1 rings (SSSR count). The van der Waals surface area contributed by atoms with Crippen molar-refractivity contribution in [2.75, 3.05) is 38.3 Å². The summed E-state index contributed by atoms with van der Waals surface area (Å²) in [5, 5.41) is 6.71. The number of rotatable bonds is 7. The summed E-state index contributed by atoms with van der Waals surface area (Å²) >= 11 is 1.85. The molecule has 0 fully saturated rings. The molecule has 0 aliphatic rings. The molecule has 1 aromatic heterocycles. The number of hydrogen-bond donors (Lipinski definition) is 2. The largest absolute Gasteiger partial charge is 0.362 e. The zero-order valence-corrected chi connectivity index (χ0v) is 18.2. The van der Waals surface area contributed by atoms with E-state index in [4.69, 9.17) is 0 Å². The highest BCUT2D eigenvalue weighted by Crippen LogP contribution is 2.19. The Bertz CT molecular complexity index is 491. The molecular weight excluding hydrogens is 421 g/mol. The lowest BCUT2D eigenvalue weighted by molar-refractivity contribution is 0.665. The van der Waals surface area contributed by atoms with E-state index in [9.17, 15) is 0 Å². The van der Waals surface area contributed by atoms with E-state index >= 15 is 0 Å². The molecule has 1 heterocycles. The summed E-state index contributed by atoms with van der Waals surface area (Å²) in [5.41, 5.74) is 1.12. The Labute approximate surface area is 162 Å². The minimum Gasteiger partial charge on any atom is -0.362 e. The smallest absolute Gasteiger partial charge is 0.191 e. The molecule has 2 N–H and O–H groups in total. The number of aliphatic imine (C=N–C) groups is 1. The first-order valence-corrected chi connectivity index (χ1v) is 8.80. The number of hydrogen-bond acceptors (Lipinski definition) is 4. The lowest BCUT2D eigenvalue weighted by Gasteiger charge is -2.24. The minimum absolute atomic E-state index is 0. The van der Waals surface area contributed by atoms with Crippen LogP contribution < -0.4 is 15.5 Å². The summed E-state index contributed by atoms with van der Waals surface area (Å²) in [4.78, 5) is 11.1. The van der Waals surface area contributed by atoms with Crippen molar-refractivity contribution < 1.29 is 0 Å². The number of nitrogens with one attached hydrogen (secondary N) is 2. The van der Waals surface area contributed by atoms with Crippen molar-refractivity contribution in [3.63, 3.8) is 0 Å². The molecule has 132 valence electrons. The number of pyridine rings is 1. The molecule has 0 aromatic carbocycles. The summed E-state index contributed by atoms with van der Waals surface area (Å²) in [5.74, 6) is 1.81. The average molecular weight is 451 g/mol. The van der Waals surface area contributed by atoms with Crippen LogP contribution in [0.15, 0.2) is 23.3 Å². The third kappa shape index (κ3) is 8.10. The second kappa shape index (κ2) is 11.0. The topological polar surface area (TPSA) is 52.6 Å². The van der Waals surface area contributed by atoms with Crippen molar-refractivity contribution in [3.05, 3.63) is 23.9 Å². The number of thioether (sulfide) groups is 1. The van der Waals surface area contributed by atoms with Crippen LogP contribution >= 0.6 is 35.7 Å². The van der Waals surface area contributed by atoms with Crippen molar-refractivity contribution in [3.8, 4) is 0 Å². The second-order valence-corrected chi connectivity index (χ2v) is 7.41. The summed E-state index contributed by atoms with van der Waals surface area (Å²) in [6.07, 6.45) is 3.94. The number of aromatic nitrogens is 1. The van der Waals surface area contributed by atoms with Gasteiger partial charge < -0.3 is 15.5 Å². The Morgan fingerprint density at radius 3 is 2.61 bits per heavy atom. The fourth-order valence-electron chi connectivity index (χ4n) is 1.83. The Balaban J connectivity index is 0.00000484. The van der Waals surface area contributed by atoms with Gasteiger partial charge in [0.15, 0.2) is 5.96 Å². The van der Waals surface area contributed by atoms with Crippen molar-refractivity contribution in [2.45, 2.75) is 32.1 Å². The summed E-state index contributed by atoms with van der Waals surface area (Å²) in [6.45, 7) is 8.84. The predicted octanol–water partition coefficient (Wildman–Crippen LogP) is 2.96. The number of anilines is 1. The van der Waals surface area contributed by atoms with Crippen molar-refractivity contribution in [1.82, 2.24) is 15.6 Å². The van der Waals surface area contributed by atoms with Crippen LogP contribution in [0.25, 0.3) is 0 Å². The van der Waals surface area contributed by atoms with Gasteiger partial charge in [0, 0.05) is 43.7 Å². The molecule has 0 bridgehead atoms. The van der Waals surface area contributed by atoms with Crippen LogP contribution in [-0.4, -0.2) is 49.1 Å². The van der Waals surface area contributed by atoms with E-state index < -0.39 is 0 Å². The Morgan fingerprint density at radius 2 is 2.04 bits per heavy atom. The molecule has 23 heavy (non-hydrogen) atoms. The normalized spacial score (nSPS) is 11.7. The zero-order valence-electron chi connectivity index (χ0n) is 15.0. The molecule has 5 nitrogen and oxygen atoms in total. The van der Waals surface area contributed by atoms with Gasteiger partial charge in [-0.3, -0.25) is 0 Å². The van der Waals surface area contributed by atoms with E-state index in [1.54, 1.807) is 0 Å². The van der Waals surface area contributed by atoms with Crippen LogP contribution in [0.5, 0.6) is 0 Å². The van der Waals surface area contributed by atoms with Crippen LogP contribution in [0.2, 0.25) is 0 Å². The Morgan fingerprint density at radius 1 is 1.35 bits per heavy atom. The first-order valence-electron chi connectivity index (χ1n) is 7.58. The molecule has 0 unspecified atom stereocenters. The summed E-state index contributed by atoms with van der Waals surface area (Å²) < 4.78 is 0.180. The maximum absolute atomic E-state index is 4.68. The number of guanidine groups is 1. The molecule has 0 aliphatic heterocycles. The monoisotopic (exact) mass is 451 g/mol. The van der Waals surface area contributed by atoms with Gasteiger partial charge in [-0.05, 0) is 33.1 Å². The zero-order chi connectivity index (χ0) is 16.6. The maximum atomic E-state index is 4.68. The van der Waals surface area contributed by atoms with Gasteiger partial charge in [-0.1, -0.05) is 6.07 Å². The molecule has 0 radical (unpaired) electrons. The highest BCUT2D eigenvalue weighted by Gasteiger charge is 2.16. The molecule has 0 saturated heterocycles. The SMILES string of the molecule is CCNC(=NCc1cccnc1N(C)C)NCC(C)(C)SC.I. The van der Waals surface area contributed by atoms with E-state index in [0.29, 0.717) is 6.54 Å². The molecule has 0 amide bonds. The number of halogens is 1. The molecule has 0 aliphatic carbocycles. The van der Waals surface area contributed by atoms with Gasteiger partial charge >= 0.3 is 0 Å². The van der Waals surface area contributed by atoms with Gasteiger partial charge in [-0.25, -0.2) is 9.98 Å². The van der Waals surface area contributed by atoms with Crippen molar-refractivity contribution in [2.24, 2.45) is 4.99 Å². The lowest BCUT2D eigenvalue weighted by atomic mass is 10.2. The van der Waals surface area contributed by atoms with E-state index in [0.717, 1.165) is 30.4 Å². The maximum Gasteiger partial charge on any atom is 0.191 e. The summed E-state index contributed by atoms with van der Waals surface area (Å²) in [6, 6.07) is 4.02. The fraction of sp³-hybridized carbons (Fsp3) is 0.625. The van der Waals surface area contributed by atoms with Gasteiger partial charge in [0.05, 0.1) is 6.54 Å². The quantitative estimate of drug-likeness (QED) is 0.379. The van der Waals surface area contributed by atoms with Crippen LogP contribution in [0.4, 0.5) is 5.82 Å². The first kappa shape index (κ1) is 22.3. The third-order valence-electron chi connectivity index (χ3n) is 3.28. The summed E-state index contributed by atoms with van der Waals surface area (Å²) in [7, 11) is 4.00. The molecule has 7 heteroatoms. The van der Waals surface area contributed by atoms with Gasteiger partial charge in [-0.2, -0.15) is 11.8 Å². The average Bonchev–Trinajstić information content (AvgIpc) is 2.50. The van der Waals surface area contributed by atoms with Crippen LogP contribution in [-0.2, 0) is 6.54 Å². The molecule has 0 atom stereocenters. The van der Waals surface area contributed by atoms with Crippen molar-refractivity contribution >= 4 is 47.5 Å². The van der Waals surface area contributed by atoms with Gasteiger partial charge in [0.1, 0.15) is 5.82 Å². The predicted molar refractivity (Wildman–Crippen MR) is 114 cm³/mol. The standard InChI is InChI=1S/C16H29N5S.HI/c1-7-17-15(20-12-16(2,3)22-6)19-11-13-9-8-10-18-14(13)21(4)5;/h8-10H,7,11-12H2,1-6H3,(H2,17,19,20);1H. The third-order valence-corrected chi connectivity index (χ3v) is 4.53. The first-order chi connectivity index (χ1) is 10.4. The Kier molecular flexibility index (Phi) is 10.6. The second-order valence-electron chi connectivity index (χ2n) is 5.89. The van der Waals surface area contributed by atoms with E-state index in [2.05, 4.69) is 53.7 Å². The molecular formula is C16H30IN5S. The molecule has 0 saturated carbocycles. The van der Waals surface area contributed by atoms with Gasteiger partial charge in [0.25, 0.3) is 0 Å². The minimum atomic E-state index is 0. The highest BCUT2D eigenvalue weighted by atomic mass is 127. The van der Waals surface area contributed by atoms with Gasteiger partial charge in [0.2, 0.25) is 0 Å². The van der Waals surface area contributed by atoms with Crippen LogP contribution in [0, 0.1) is 0 Å². The van der Waals surface area contributed by atoms with Crippen LogP contribution in [0.1, 0.15) is 26.3 Å². The lowest BCUT2D eigenvalue weighted by Crippen LogP contribution is -2.43. The van der Waals surface area contributed by atoms with E-state index in [1.165, 1.54) is 0 Å². The molecule has 1 aromatic rings. The van der Waals surface area contributed by atoms with Crippen molar-refractivity contribution in [1.29, 1.82) is 0 Å². The fourth-order valence-corrected chi connectivity index (χ4v) is 2.05. The van der Waals surface area contributed by atoms with E-state index in [1.807, 2.05) is 43.0 Å². The van der Waals surface area contributed by atoms with Crippen LogP contribution in [0.3, 0.4) is 0 Å². The highest BCUT2D eigenvalue weighted by molar-refractivity contribution is 14.0. The molecule has 0 spiro atoms. The van der Waals surface area contributed by atoms with E-state index in [-0.39, 0.29) is 28.7 Å². The Hall–Kier alpha value is -0.700. The number of nitrogens with zero attached hydrogens (tertiary/aromatic N) is 3. The van der Waals surface area contributed by atoms with Gasteiger partial charge in [-0.15, -0.1) is 24.0 Å².